The SMILES string of the molecule is Fc1cc(F)cc([C@H](Br)C(F)(F)F)c1. The quantitative estimate of drug-likeness (QED) is 0.537. The van der Waals surface area contributed by atoms with Crippen LogP contribution in [-0.2, 0) is 0 Å². The first-order valence-corrected chi connectivity index (χ1v) is 4.39. The Morgan fingerprint density at radius 1 is 1.00 bits per heavy atom. The number of benzene rings is 1. The van der Waals surface area contributed by atoms with Crippen molar-refractivity contribution < 1.29 is 22.0 Å². The van der Waals surface area contributed by atoms with Gasteiger partial charge in [-0.2, -0.15) is 13.2 Å². The second-order valence-electron chi connectivity index (χ2n) is 2.61. The lowest BCUT2D eigenvalue weighted by atomic mass is 10.1. The molecule has 1 aromatic carbocycles. The number of halogens is 6. The number of alkyl halides is 4. The molecule has 0 aliphatic rings. The first kappa shape index (κ1) is 11.4. The van der Waals surface area contributed by atoms with E-state index in [0.717, 1.165) is 0 Å². The predicted molar refractivity (Wildman–Crippen MR) is 44.1 cm³/mol. The van der Waals surface area contributed by atoms with Crippen molar-refractivity contribution in [3.63, 3.8) is 0 Å². The van der Waals surface area contributed by atoms with Gasteiger partial charge in [0, 0.05) is 6.07 Å². The molecule has 6 heteroatoms. The summed E-state index contributed by atoms with van der Waals surface area (Å²) in [4.78, 5) is -2.06. The van der Waals surface area contributed by atoms with Crippen LogP contribution in [-0.4, -0.2) is 6.18 Å². The van der Waals surface area contributed by atoms with Gasteiger partial charge in [0.1, 0.15) is 16.5 Å². The fourth-order valence-corrected chi connectivity index (χ4v) is 1.17. The maximum absolute atomic E-state index is 12.5. The summed E-state index contributed by atoms with van der Waals surface area (Å²) in [5.74, 6) is -2.07. The minimum absolute atomic E-state index is 0.491. The van der Waals surface area contributed by atoms with Crippen molar-refractivity contribution in [2.45, 2.75) is 11.0 Å². The lowest BCUT2D eigenvalue weighted by molar-refractivity contribution is -0.128. The molecule has 0 heterocycles. The van der Waals surface area contributed by atoms with Gasteiger partial charge in [0.05, 0.1) is 0 Å². The minimum atomic E-state index is -4.57. The molecule has 1 rings (SSSR count). The second kappa shape index (κ2) is 3.84. The first-order chi connectivity index (χ1) is 6.30. The van der Waals surface area contributed by atoms with Crippen LogP contribution in [0.4, 0.5) is 22.0 Å². The van der Waals surface area contributed by atoms with Crippen molar-refractivity contribution in [1.82, 2.24) is 0 Å². The van der Waals surface area contributed by atoms with E-state index in [1.165, 1.54) is 0 Å². The van der Waals surface area contributed by atoms with Gasteiger partial charge in [-0.15, -0.1) is 0 Å². The highest BCUT2D eigenvalue weighted by atomic mass is 79.9. The zero-order chi connectivity index (χ0) is 10.9. The molecule has 1 aromatic rings. The molecule has 0 N–H and O–H groups in total. The van der Waals surface area contributed by atoms with Gasteiger partial charge in [-0.3, -0.25) is 0 Å². The van der Waals surface area contributed by atoms with Gasteiger partial charge in [-0.25, -0.2) is 8.78 Å². The van der Waals surface area contributed by atoms with Crippen LogP contribution in [0, 0.1) is 11.6 Å². The van der Waals surface area contributed by atoms with Crippen LogP contribution in [0.15, 0.2) is 18.2 Å². The van der Waals surface area contributed by atoms with E-state index in [-0.39, 0.29) is 0 Å². The van der Waals surface area contributed by atoms with Crippen LogP contribution in [0.5, 0.6) is 0 Å². The standard InChI is InChI=1S/C8H4BrF5/c9-7(8(12,13)14)4-1-5(10)3-6(11)2-4/h1-3,7H/t7-/m0/s1. The van der Waals surface area contributed by atoms with Crippen molar-refractivity contribution in [2.24, 2.45) is 0 Å². The van der Waals surface area contributed by atoms with Crippen LogP contribution >= 0.6 is 15.9 Å². The van der Waals surface area contributed by atoms with Gasteiger partial charge in [0.15, 0.2) is 0 Å². The number of rotatable bonds is 1. The van der Waals surface area contributed by atoms with E-state index in [2.05, 4.69) is 15.9 Å². The van der Waals surface area contributed by atoms with Crippen LogP contribution < -0.4 is 0 Å². The normalized spacial score (nSPS) is 14.1. The number of hydrogen-bond donors (Lipinski definition) is 0. The molecule has 0 aliphatic heterocycles. The van der Waals surface area contributed by atoms with Gasteiger partial charge >= 0.3 is 6.18 Å². The third-order valence-corrected chi connectivity index (χ3v) is 2.51. The summed E-state index contributed by atoms with van der Waals surface area (Å²) in [5, 5.41) is 0. The third-order valence-electron chi connectivity index (χ3n) is 1.46. The Kier molecular flexibility index (Phi) is 3.14. The van der Waals surface area contributed by atoms with E-state index in [0.29, 0.717) is 18.2 Å². The van der Waals surface area contributed by atoms with Crippen LogP contribution in [0.3, 0.4) is 0 Å². The zero-order valence-electron chi connectivity index (χ0n) is 6.58. The first-order valence-electron chi connectivity index (χ1n) is 3.47. The smallest absolute Gasteiger partial charge is 0.207 e. The second-order valence-corrected chi connectivity index (χ2v) is 3.52. The Balaban J connectivity index is 3.07. The fraction of sp³-hybridized carbons (Fsp3) is 0.250. The van der Waals surface area contributed by atoms with E-state index in [4.69, 9.17) is 0 Å². The summed E-state index contributed by atoms with van der Waals surface area (Å²) >= 11 is 2.32. The number of hydrogen-bond acceptors (Lipinski definition) is 0. The molecule has 0 spiro atoms. The molecule has 0 saturated carbocycles. The largest absolute Gasteiger partial charge is 0.405 e. The summed E-state index contributed by atoms with van der Waals surface area (Å²) in [5.41, 5.74) is -0.491. The maximum Gasteiger partial charge on any atom is 0.405 e. The van der Waals surface area contributed by atoms with Crippen molar-refractivity contribution >= 4 is 15.9 Å². The molecule has 0 aliphatic carbocycles. The highest BCUT2D eigenvalue weighted by Gasteiger charge is 2.39. The molecule has 0 amide bonds. The van der Waals surface area contributed by atoms with E-state index < -0.39 is 28.2 Å². The van der Waals surface area contributed by atoms with Crippen LogP contribution in [0.25, 0.3) is 0 Å². The summed E-state index contributed by atoms with van der Waals surface area (Å²) < 4.78 is 61.4. The van der Waals surface area contributed by atoms with Gasteiger partial charge in [-0.05, 0) is 17.7 Å². The molecule has 0 nitrogen and oxygen atoms in total. The third kappa shape index (κ3) is 2.67. The summed E-state index contributed by atoms with van der Waals surface area (Å²) in [6.07, 6.45) is -4.57. The van der Waals surface area contributed by atoms with Crippen molar-refractivity contribution in [3.8, 4) is 0 Å². The lowest BCUT2D eigenvalue weighted by Crippen LogP contribution is -2.15. The van der Waals surface area contributed by atoms with Crippen LogP contribution in [0.2, 0.25) is 0 Å². The van der Waals surface area contributed by atoms with Gasteiger partial charge in [0.2, 0.25) is 0 Å². The zero-order valence-corrected chi connectivity index (χ0v) is 8.16. The molecule has 0 fully saturated rings. The maximum atomic E-state index is 12.5. The van der Waals surface area contributed by atoms with E-state index >= 15 is 0 Å². The monoisotopic (exact) mass is 274 g/mol. The molecule has 0 radical (unpaired) electrons. The highest BCUT2D eigenvalue weighted by molar-refractivity contribution is 9.09. The summed E-state index contributed by atoms with van der Waals surface area (Å²) in [7, 11) is 0. The minimum Gasteiger partial charge on any atom is -0.207 e. The van der Waals surface area contributed by atoms with Crippen LogP contribution in [0.1, 0.15) is 10.4 Å². The Bertz CT molecular complexity index is 313. The average Bonchev–Trinajstić information content (AvgIpc) is 1.99. The molecule has 0 unspecified atom stereocenters. The predicted octanol–water partition coefficient (Wildman–Crippen LogP) is 3.96. The van der Waals surface area contributed by atoms with Crippen molar-refractivity contribution in [2.75, 3.05) is 0 Å². The van der Waals surface area contributed by atoms with Crippen molar-refractivity contribution in [3.05, 3.63) is 35.4 Å². The molecular weight excluding hydrogens is 271 g/mol. The Morgan fingerprint density at radius 2 is 1.43 bits per heavy atom. The Morgan fingerprint density at radius 3 is 1.79 bits per heavy atom. The Hall–Kier alpha value is -0.650. The lowest BCUT2D eigenvalue weighted by Gasteiger charge is -2.14. The molecule has 1 atom stereocenters. The fourth-order valence-electron chi connectivity index (χ4n) is 0.910. The van der Waals surface area contributed by atoms with E-state index in [1.54, 1.807) is 0 Å². The van der Waals surface area contributed by atoms with Gasteiger partial charge in [-0.1, -0.05) is 15.9 Å². The van der Waals surface area contributed by atoms with Gasteiger partial charge < -0.3 is 0 Å². The van der Waals surface area contributed by atoms with Crippen molar-refractivity contribution in [1.29, 1.82) is 0 Å². The highest BCUT2D eigenvalue weighted by Crippen LogP contribution is 2.39. The molecule has 0 bridgehead atoms. The summed E-state index contributed by atoms with van der Waals surface area (Å²) in [6.45, 7) is 0. The van der Waals surface area contributed by atoms with E-state index in [1.807, 2.05) is 0 Å². The molecule has 0 aromatic heterocycles. The Labute approximate surface area is 84.9 Å². The molecular formula is C8H4BrF5. The van der Waals surface area contributed by atoms with E-state index in [9.17, 15) is 22.0 Å². The topological polar surface area (TPSA) is 0 Å². The molecule has 0 saturated heterocycles. The van der Waals surface area contributed by atoms with Gasteiger partial charge in [0.25, 0.3) is 0 Å². The molecule has 14 heavy (non-hydrogen) atoms. The average molecular weight is 275 g/mol. The summed E-state index contributed by atoms with van der Waals surface area (Å²) in [6, 6.07) is 1.78. The molecule has 78 valence electrons.